The molecule has 0 aliphatic carbocycles. The van der Waals surface area contributed by atoms with Gasteiger partial charge in [-0.3, -0.25) is 14.4 Å². The summed E-state index contributed by atoms with van der Waals surface area (Å²) in [6.45, 7) is 15.3. The van der Waals surface area contributed by atoms with Crippen molar-refractivity contribution in [2.75, 3.05) is 49.1 Å². The fourth-order valence-corrected chi connectivity index (χ4v) is 9.06. The molecule has 264 valence electrons. The highest BCUT2D eigenvalue weighted by atomic mass is 79.9. The molecule has 49 heavy (non-hydrogen) atoms. The Labute approximate surface area is 299 Å². The number of unbranched alkanes of at least 4 members (excludes halogenated alkanes) is 3. The summed E-state index contributed by atoms with van der Waals surface area (Å²) in [5.41, 5.74) is 1.60. The molecule has 10 heteroatoms. The lowest BCUT2D eigenvalue weighted by atomic mass is 9.70. The minimum absolute atomic E-state index is 0.119. The van der Waals surface area contributed by atoms with Crippen molar-refractivity contribution in [3.05, 3.63) is 85.5 Å². The highest BCUT2D eigenvalue weighted by Gasteiger charge is 2.76. The van der Waals surface area contributed by atoms with Crippen molar-refractivity contribution in [1.29, 1.82) is 0 Å². The van der Waals surface area contributed by atoms with Crippen molar-refractivity contribution in [1.82, 2.24) is 9.80 Å². The van der Waals surface area contributed by atoms with Crippen molar-refractivity contribution in [2.24, 2.45) is 11.8 Å². The Kier molecular flexibility index (Phi) is 12.4. The molecule has 6 atom stereocenters. The quantitative estimate of drug-likeness (QED) is 0.122. The van der Waals surface area contributed by atoms with Gasteiger partial charge in [-0.2, -0.15) is 0 Å². The highest BCUT2D eigenvalue weighted by Crippen LogP contribution is 2.60. The van der Waals surface area contributed by atoms with Gasteiger partial charge >= 0.3 is 0 Å². The van der Waals surface area contributed by atoms with Crippen LogP contribution >= 0.6 is 15.9 Å². The second-order valence-corrected chi connectivity index (χ2v) is 14.4. The van der Waals surface area contributed by atoms with Gasteiger partial charge in [0.25, 0.3) is 5.91 Å². The molecule has 0 aromatic heterocycles. The number of fused-ring (bicyclic) bond motifs is 1. The first-order valence-electron chi connectivity index (χ1n) is 17.7. The Hall–Kier alpha value is -3.47. The summed E-state index contributed by atoms with van der Waals surface area (Å²) < 4.78 is 6.84. The van der Waals surface area contributed by atoms with Crippen LogP contribution in [0.15, 0.2) is 79.9 Å². The molecule has 3 amide bonds. The van der Waals surface area contributed by atoms with Gasteiger partial charge in [0.2, 0.25) is 11.8 Å². The maximum Gasteiger partial charge on any atom is 0.253 e. The number of aliphatic hydroxyl groups excluding tert-OH is 1. The van der Waals surface area contributed by atoms with Gasteiger partial charge in [0.15, 0.2) is 0 Å². The van der Waals surface area contributed by atoms with E-state index < -0.39 is 29.6 Å². The number of halogens is 1. The lowest BCUT2D eigenvalue weighted by Crippen LogP contribution is -2.57. The van der Waals surface area contributed by atoms with Crippen LogP contribution in [-0.4, -0.2) is 94.5 Å². The molecular weight excluding hydrogens is 684 g/mol. The zero-order valence-corrected chi connectivity index (χ0v) is 30.5. The summed E-state index contributed by atoms with van der Waals surface area (Å²) in [7, 11) is 0. The van der Waals surface area contributed by atoms with Gasteiger partial charge in [-0.1, -0.05) is 71.3 Å². The number of alkyl halides is 1. The highest BCUT2D eigenvalue weighted by molar-refractivity contribution is 9.09. The van der Waals surface area contributed by atoms with Crippen LogP contribution in [0.3, 0.4) is 0 Å². The first kappa shape index (κ1) is 36.8. The van der Waals surface area contributed by atoms with E-state index in [-0.39, 0.29) is 35.7 Å². The topological polar surface area (TPSA) is 93.6 Å². The summed E-state index contributed by atoms with van der Waals surface area (Å²) in [6, 6.07) is 16.8. The molecule has 5 rings (SSSR count). The summed E-state index contributed by atoms with van der Waals surface area (Å²) >= 11 is 3.82. The molecular formula is C39H51BrN4O5. The maximum atomic E-state index is 15.0. The number of carbonyl (C=O) groups excluding carboxylic acids is 3. The van der Waals surface area contributed by atoms with Crippen molar-refractivity contribution in [3.63, 3.8) is 0 Å². The number of rotatable bonds is 18. The van der Waals surface area contributed by atoms with Gasteiger partial charge in [-0.25, -0.2) is 0 Å². The number of aliphatic hydroxyl groups is 1. The lowest BCUT2D eigenvalue weighted by molar-refractivity contribution is -0.145. The number of amides is 3. The third-order valence-electron chi connectivity index (χ3n) is 10.4. The molecule has 3 saturated heterocycles. The summed E-state index contributed by atoms with van der Waals surface area (Å²) in [4.78, 5) is 51.4. The number of carbonyl (C=O) groups is 3. The van der Waals surface area contributed by atoms with Crippen molar-refractivity contribution in [3.8, 4) is 0 Å². The third-order valence-corrected chi connectivity index (χ3v) is 11.2. The molecule has 1 spiro atoms. The molecule has 3 heterocycles. The molecule has 2 aromatic rings. The molecule has 0 saturated carbocycles. The Balaban J connectivity index is 1.51. The smallest absolute Gasteiger partial charge is 0.253 e. The van der Waals surface area contributed by atoms with E-state index in [0.717, 1.165) is 37.2 Å². The number of ether oxygens (including phenoxy) is 1. The summed E-state index contributed by atoms with van der Waals surface area (Å²) in [5, 5.41) is 9.30. The lowest BCUT2D eigenvalue weighted by Gasteiger charge is -2.37. The van der Waals surface area contributed by atoms with Crippen molar-refractivity contribution < 1.29 is 24.2 Å². The van der Waals surface area contributed by atoms with E-state index in [1.54, 1.807) is 26.9 Å². The predicted molar refractivity (Wildman–Crippen MR) is 198 cm³/mol. The van der Waals surface area contributed by atoms with E-state index in [2.05, 4.69) is 47.8 Å². The number of hydrogen-bond acceptors (Lipinski definition) is 6. The third kappa shape index (κ3) is 7.23. The van der Waals surface area contributed by atoms with Crippen LogP contribution in [0, 0.1) is 11.8 Å². The van der Waals surface area contributed by atoms with Crippen LogP contribution in [0.2, 0.25) is 0 Å². The van der Waals surface area contributed by atoms with Gasteiger partial charge in [0, 0.05) is 62.1 Å². The van der Waals surface area contributed by atoms with Crippen LogP contribution in [-0.2, 0) is 25.7 Å². The molecule has 3 aliphatic rings. The molecule has 0 radical (unpaired) electrons. The van der Waals surface area contributed by atoms with Crippen molar-refractivity contribution >= 4 is 45.0 Å². The second kappa shape index (κ2) is 16.5. The Morgan fingerprint density at radius 1 is 0.959 bits per heavy atom. The van der Waals surface area contributed by atoms with Gasteiger partial charge in [-0.05, 0) is 62.9 Å². The van der Waals surface area contributed by atoms with Crippen LogP contribution in [0.1, 0.15) is 51.5 Å². The molecule has 2 aromatic carbocycles. The number of hydrogen-bond donors (Lipinski definition) is 1. The second-order valence-electron chi connectivity index (χ2n) is 13.3. The molecule has 1 N–H and O–H groups in total. The monoisotopic (exact) mass is 734 g/mol. The molecule has 3 unspecified atom stereocenters. The van der Waals surface area contributed by atoms with Gasteiger partial charge in [-0.15, -0.1) is 13.2 Å². The average Bonchev–Trinajstić information content (AvgIpc) is 3.70. The molecule has 3 aliphatic heterocycles. The van der Waals surface area contributed by atoms with E-state index in [9.17, 15) is 19.5 Å². The first-order chi connectivity index (χ1) is 23.8. The van der Waals surface area contributed by atoms with E-state index >= 15 is 0 Å². The van der Waals surface area contributed by atoms with Crippen molar-refractivity contribution in [2.45, 2.75) is 75.1 Å². The van der Waals surface area contributed by atoms with E-state index in [1.165, 1.54) is 0 Å². The molecule has 3 fully saturated rings. The Morgan fingerprint density at radius 2 is 1.61 bits per heavy atom. The molecule has 9 nitrogen and oxygen atoms in total. The van der Waals surface area contributed by atoms with E-state index in [4.69, 9.17) is 4.74 Å². The van der Waals surface area contributed by atoms with E-state index in [1.807, 2.05) is 54.6 Å². The van der Waals surface area contributed by atoms with Gasteiger partial charge in [0.1, 0.15) is 11.6 Å². The zero-order chi connectivity index (χ0) is 35.1. The van der Waals surface area contributed by atoms with Gasteiger partial charge in [0.05, 0.1) is 17.9 Å². The molecule has 2 bridgehead atoms. The predicted octanol–water partition coefficient (Wildman–Crippen LogP) is 5.57. The number of anilines is 2. The van der Waals surface area contributed by atoms with Crippen LogP contribution in [0.4, 0.5) is 11.4 Å². The Morgan fingerprint density at radius 3 is 2.24 bits per heavy atom. The average molecular weight is 736 g/mol. The van der Waals surface area contributed by atoms with Crippen LogP contribution in [0.5, 0.6) is 0 Å². The fraction of sp³-hybridized carbons (Fsp3) is 0.513. The first-order valence-corrected chi connectivity index (χ1v) is 18.6. The fourth-order valence-electron chi connectivity index (χ4n) is 8.11. The Bertz CT molecular complexity index is 1470. The number of likely N-dealkylation sites (tertiary alicyclic amines) is 1. The van der Waals surface area contributed by atoms with Gasteiger partial charge < -0.3 is 29.4 Å². The summed E-state index contributed by atoms with van der Waals surface area (Å²) in [6.07, 6.45) is 6.30. The summed E-state index contributed by atoms with van der Waals surface area (Å²) in [5.74, 6) is -2.13. The largest absolute Gasteiger partial charge is 0.396 e. The normalized spacial score (nSPS) is 25.3. The zero-order valence-electron chi connectivity index (χ0n) is 28.9. The van der Waals surface area contributed by atoms with E-state index in [0.29, 0.717) is 44.6 Å². The van der Waals surface area contributed by atoms with Crippen LogP contribution < -0.4 is 9.80 Å². The van der Waals surface area contributed by atoms with Crippen LogP contribution in [0.25, 0.3) is 0 Å². The number of nitrogens with zero attached hydrogens (tertiary/aromatic N) is 4. The maximum absolute atomic E-state index is 15.0. The minimum Gasteiger partial charge on any atom is -0.396 e. The SMILES string of the molecule is C=CCN(Cc1ccccc1)C(=O)[C@H]1[C@@H]2OC3(CC2Br)C(C(=O)N(CC=C)c2ccc(N(CC)CC)cc2)N(CCCCCCO)C(=O)[C@H]13. The number of benzene rings is 2. The minimum atomic E-state index is -1.16. The standard InChI is InChI=1S/C39H51BrN4O5/c1-5-22-42(27-28-16-12-11-13-17-28)36(46)32-33-37(47)44(24-14-9-10-15-25-45)35(39(33)26-31(40)34(32)49-39)38(48)43(23-6-2)30-20-18-29(19-21-30)41(7-3)8-4/h5-6,11-13,16-21,31-35,45H,1-2,7-10,14-15,22-27H2,3-4H3/t31?,32-,33+,34-,35?,39?/m1/s1.